The van der Waals surface area contributed by atoms with Gasteiger partial charge in [-0.1, -0.05) is 294 Å². The molecule has 0 bridgehead atoms. The molecule has 0 aliphatic carbocycles. The van der Waals surface area contributed by atoms with Gasteiger partial charge >= 0.3 is 0 Å². The number of unbranched alkanes of at least 4 members (excludes halogenated alkanes) is 42. The molecule has 7 atom stereocenters. The van der Waals surface area contributed by atoms with Crippen LogP contribution in [0.5, 0.6) is 0 Å². The molecule has 0 aromatic carbocycles. The average Bonchev–Trinajstić information content (AvgIpc) is 3.43. The molecule has 0 saturated carbocycles. The molecule has 9 nitrogen and oxygen atoms in total. The van der Waals surface area contributed by atoms with E-state index < -0.39 is 49.5 Å². The highest BCUT2D eigenvalue weighted by molar-refractivity contribution is 5.76. The van der Waals surface area contributed by atoms with Crippen LogP contribution in [0.3, 0.4) is 0 Å². The topological polar surface area (TPSA) is 149 Å². The van der Waals surface area contributed by atoms with Crippen molar-refractivity contribution >= 4 is 5.91 Å². The van der Waals surface area contributed by atoms with Crippen LogP contribution in [0.1, 0.15) is 322 Å². The first kappa shape index (κ1) is 73.2. The molecule has 6 N–H and O–H groups in total. The quantitative estimate of drug-likeness (QED) is 0.0261. The Morgan fingerprint density at radius 1 is 0.429 bits per heavy atom. The molecule has 9 heteroatoms. The average molecular weight is 1090 g/mol. The molecule has 77 heavy (non-hydrogen) atoms. The number of amides is 1. The molecule has 1 aliphatic heterocycles. The maximum Gasteiger partial charge on any atom is 0.220 e. The first-order chi connectivity index (χ1) is 37.8. The number of allylic oxidation sites excluding steroid dienone is 7. The summed E-state index contributed by atoms with van der Waals surface area (Å²) in [4.78, 5) is 13.1. The summed E-state index contributed by atoms with van der Waals surface area (Å²) < 4.78 is 11.3. The number of hydrogen-bond donors (Lipinski definition) is 6. The molecule has 1 rings (SSSR count). The maximum absolute atomic E-state index is 13.1. The van der Waals surface area contributed by atoms with Crippen LogP contribution in [0, 0.1) is 0 Å². The van der Waals surface area contributed by atoms with Gasteiger partial charge < -0.3 is 40.3 Å². The molecule has 0 spiro atoms. The first-order valence-corrected chi connectivity index (χ1v) is 33.4. The van der Waals surface area contributed by atoms with Crippen LogP contribution in [0.4, 0.5) is 0 Å². The van der Waals surface area contributed by atoms with Gasteiger partial charge in [0.2, 0.25) is 5.91 Å². The highest BCUT2D eigenvalue weighted by Gasteiger charge is 2.44. The zero-order valence-corrected chi connectivity index (χ0v) is 50.5. The van der Waals surface area contributed by atoms with Crippen molar-refractivity contribution in [3.05, 3.63) is 48.6 Å². The van der Waals surface area contributed by atoms with Gasteiger partial charge in [0.1, 0.15) is 24.4 Å². The van der Waals surface area contributed by atoms with Crippen LogP contribution in [0.25, 0.3) is 0 Å². The van der Waals surface area contributed by atoms with Crippen molar-refractivity contribution < 1.29 is 39.8 Å². The molecule has 0 aromatic heterocycles. The maximum atomic E-state index is 13.1. The van der Waals surface area contributed by atoms with Gasteiger partial charge in [-0.2, -0.15) is 0 Å². The predicted molar refractivity (Wildman–Crippen MR) is 327 cm³/mol. The summed E-state index contributed by atoms with van der Waals surface area (Å²) in [5, 5.41) is 54.6. The number of ether oxygens (including phenoxy) is 2. The Bertz CT molecular complexity index is 1350. The van der Waals surface area contributed by atoms with Crippen molar-refractivity contribution in [1.82, 2.24) is 5.32 Å². The van der Waals surface area contributed by atoms with Crippen molar-refractivity contribution in [1.29, 1.82) is 0 Å². The second-order valence-electron chi connectivity index (χ2n) is 23.2. The molecule has 1 amide bonds. The van der Waals surface area contributed by atoms with E-state index in [0.717, 1.165) is 44.9 Å². The van der Waals surface area contributed by atoms with Gasteiger partial charge in [-0.15, -0.1) is 0 Å². The van der Waals surface area contributed by atoms with E-state index in [0.29, 0.717) is 6.42 Å². The van der Waals surface area contributed by atoms with Crippen LogP contribution in [0.15, 0.2) is 48.6 Å². The van der Waals surface area contributed by atoms with Crippen LogP contribution < -0.4 is 5.32 Å². The number of aliphatic hydroxyl groups is 5. The van der Waals surface area contributed by atoms with E-state index in [4.69, 9.17) is 9.47 Å². The molecule has 0 radical (unpaired) electrons. The summed E-state index contributed by atoms with van der Waals surface area (Å²) >= 11 is 0. The molecule has 1 aliphatic rings. The van der Waals surface area contributed by atoms with Crippen LogP contribution in [-0.4, -0.2) is 87.5 Å². The Morgan fingerprint density at radius 3 is 1.09 bits per heavy atom. The minimum atomic E-state index is -1.58. The number of carbonyl (C=O) groups is 1. The summed E-state index contributed by atoms with van der Waals surface area (Å²) in [5.74, 6) is -0.186. The highest BCUT2D eigenvalue weighted by Crippen LogP contribution is 2.23. The van der Waals surface area contributed by atoms with Crippen molar-refractivity contribution in [2.24, 2.45) is 0 Å². The minimum absolute atomic E-state index is 0.186. The number of hydrogen-bond acceptors (Lipinski definition) is 8. The van der Waals surface area contributed by atoms with Crippen LogP contribution in [-0.2, 0) is 14.3 Å². The molecule has 1 saturated heterocycles. The predicted octanol–water partition coefficient (Wildman–Crippen LogP) is 17.6. The lowest BCUT2D eigenvalue weighted by Gasteiger charge is -2.40. The molecule has 7 unspecified atom stereocenters. The van der Waals surface area contributed by atoms with Crippen LogP contribution in [0.2, 0.25) is 0 Å². The summed E-state index contributed by atoms with van der Waals surface area (Å²) in [6, 6.07) is -0.829. The standard InChI is InChI=1S/C68H127NO8/c1-3-5-7-9-11-13-15-17-19-21-23-25-27-28-29-30-31-32-33-34-36-38-40-42-44-46-48-50-52-54-56-58-64(72)69-61(60-76-68-67(75)66(74)65(73)63(59-70)77-68)62(71)57-55-53-51-49-47-45-43-41-39-37-35-26-24-22-20-18-16-14-12-10-8-6-4-2/h28-29,39,41,47,49,55,57,61-63,65-68,70-71,73-75H,3-27,30-38,40,42-46,48,50-54,56,58-60H2,1-2H3,(H,69,72)/b29-28-,41-39+,49-47+,57-55+. The summed E-state index contributed by atoms with van der Waals surface area (Å²) in [7, 11) is 0. The molecule has 0 aromatic rings. The van der Waals surface area contributed by atoms with E-state index >= 15 is 0 Å². The molecule has 1 fully saturated rings. The summed E-state index contributed by atoms with van der Waals surface area (Å²) in [6.45, 7) is 3.80. The minimum Gasteiger partial charge on any atom is -0.394 e. The van der Waals surface area contributed by atoms with Crippen molar-refractivity contribution in [3.8, 4) is 0 Å². The molecule has 452 valence electrons. The van der Waals surface area contributed by atoms with Crippen molar-refractivity contribution in [2.45, 2.75) is 365 Å². The first-order valence-electron chi connectivity index (χ1n) is 33.4. The van der Waals surface area contributed by atoms with E-state index in [9.17, 15) is 30.3 Å². The van der Waals surface area contributed by atoms with Gasteiger partial charge in [0.25, 0.3) is 0 Å². The lowest BCUT2D eigenvalue weighted by molar-refractivity contribution is -0.302. The summed E-state index contributed by atoms with van der Waals surface area (Å²) in [6.07, 6.45) is 70.7. The van der Waals surface area contributed by atoms with Gasteiger partial charge in [0.15, 0.2) is 6.29 Å². The zero-order valence-electron chi connectivity index (χ0n) is 50.5. The third-order valence-corrected chi connectivity index (χ3v) is 15.9. The van der Waals surface area contributed by atoms with Crippen LogP contribution >= 0.6 is 0 Å². The Hall–Kier alpha value is -1.85. The third kappa shape index (κ3) is 46.5. The number of nitrogens with one attached hydrogen (secondary N) is 1. The van der Waals surface area contributed by atoms with E-state index in [1.54, 1.807) is 6.08 Å². The lowest BCUT2D eigenvalue weighted by Crippen LogP contribution is -2.60. The van der Waals surface area contributed by atoms with Gasteiger partial charge in [-0.3, -0.25) is 4.79 Å². The van der Waals surface area contributed by atoms with Crippen molar-refractivity contribution in [3.63, 3.8) is 0 Å². The Labute approximate surface area is 475 Å². The van der Waals surface area contributed by atoms with Gasteiger partial charge in [-0.25, -0.2) is 0 Å². The van der Waals surface area contributed by atoms with Crippen molar-refractivity contribution in [2.75, 3.05) is 13.2 Å². The fourth-order valence-electron chi connectivity index (χ4n) is 10.6. The molecular formula is C68H127NO8. The largest absolute Gasteiger partial charge is 0.394 e. The Balaban J connectivity index is 2.17. The summed E-state index contributed by atoms with van der Waals surface area (Å²) in [5.41, 5.74) is 0. The SMILES string of the molecule is CCCCCCCCCCCCCC/C=C\CCCCCCCCCCCCCCCCCC(=O)NC(COC1OC(CO)C(O)C(O)C1O)C(O)/C=C/CC/C=C/CC/C=C/CCCCCCCCCCCCCCC. The smallest absolute Gasteiger partial charge is 0.220 e. The second-order valence-corrected chi connectivity index (χ2v) is 23.2. The zero-order chi connectivity index (χ0) is 55.8. The fourth-order valence-corrected chi connectivity index (χ4v) is 10.6. The highest BCUT2D eigenvalue weighted by atomic mass is 16.7. The number of aliphatic hydroxyl groups excluding tert-OH is 5. The van der Waals surface area contributed by atoms with E-state index in [2.05, 4.69) is 55.6 Å². The Kier molecular flexibility index (Phi) is 54.5. The number of rotatable bonds is 58. The van der Waals surface area contributed by atoms with E-state index in [-0.39, 0.29) is 12.5 Å². The third-order valence-electron chi connectivity index (χ3n) is 15.9. The van der Waals surface area contributed by atoms with Gasteiger partial charge in [0, 0.05) is 6.42 Å². The molecule has 1 heterocycles. The van der Waals surface area contributed by atoms with E-state index in [1.807, 2.05) is 6.08 Å². The Morgan fingerprint density at radius 2 is 0.740 bits per heavy atom. The normalized spacial score (nSPS) is 19.0. The lowest BCUT2D eigenvalue weighted by atomic mass is 9.99. The molecular weight excluding hydrogens is 959 g/mol. The number of carbonyl (C=O) groups excluding carboxylic acids is 1. The van der Waals surface area contributed by atoms with Gasteiger partial charge in [0.05, 0.1) is 25.4 Å². The second kappa shape index (κ2) is 57.4. The fraction of sp³-hybridized carbons (Fsp3) is 0.868. The monoisotopic (exact) mass is 1090 g/mol. The van der Waals surface area contributed by atoms with Gasteiger partial charge in [-0.05, 0) is 70.6 Å². The van der Waals surface area contributed by atoms with E-state index in [1.165, 1.54) is 257 Å².